The molecule has 1 aliphatic carbocycles. The molecule has 2 saturated heterocycles. The van der Waals surface area contributed by atoms with E-state index in [9.17, 15) is 4.79 Å². The van der Waals surface area contributed by atoms with Crippen LogP contribution in [0.15, 0.2) is 22.8 Å². The van der Waals surface area contributed by atoms with Crippen molar-refractivity contribution in [1.29, 1.82) is 0 Å². The Labute approximate surface area is 137 Å². The first-order valence-electron chi connectivity index (χ1n) is 8.92. The Kier molecular flexibility index (Phi) is 4.40. The summed E-state index contributed by atoms with van der Waals surface area (Å²) in [7, 11) is 0. The van der Waals surface area contributed by atoms with E-state index >= 15 is 0 Å². The average Bonchev–Trinajstić information content (AvgIpc) is 3.23. The second kappa shape index (κ2) is 6.65. The number of ether oxygens (including phenoxy) is 1. The van der Waals surface area contributed by atoms with Gasteiger partial charge in [-0.1, -0.05) is 0 Å². The first-order valence-corrected chi connectivity index (χ1v) is 8.92. The van der Waals surface area contributed by atoms with E-state index in [4.69, 9.17) is 9.15 Å². The quantitative estimate of drug-likeness (QED) is 0.902. The zero-order valence-electron chi connectivity index (χ0n) is 13.6. The van der Waals surface area contributed by atoms with Crippen LogP contribution in [0.3, 0.4) is 0 Å². The predicted molar refractivity (Wildman–Crippen MR) is 85.7 cm³/mol. The molecule has 0 aromatic carbocycles. The first kappa shape index (κ1) is 15.2. The highest BCUT2D eigenvalue weighted by Crippen LogP contribution is 2.35. The number of nitrogens with zero attached hydrogens (tertiary/aromatic N) is 1. The Morgan fingerprint density at radius 3 is 3.04 bits per heavy atom. The summed E-state index contributed by atoms with van der Waals surface area (Å²) >= 11 is 0. The summed E-state index contributed by atoms with van der Waals surface area (Å²) < 4.78 is 11.3. The number of hydrogen-bond donors (Lipinski definition) is 1. The lowest BCUT2D eigenvalue weighted by Gasteiger charge is -2.43. The molecule has 3 heterocycles. The summed E-state index contributed by atoms with van der Waals surface area (Å²) in [6, 6.07) is 3.72. The summed E-state index contributed by atoms with van der Waals surface area (Å²) in [5.41, 5.74) is 0. The Hall–Kier alpha value is -1.33. The minimum atomic E-state index is -0.0212. The SMILES string of the molecule is O=C(NCc1ccco1)[C@H]1CO[C@H]2CCN(CC3CC3)C[C@H]2C1. The Morgan fingerprint density at radius 1 is 1.35 bits per heavy atom. The van der Waals surface area contributed by atoms with Gasteiger partial charge in [0.25, 0.3) is 0 Å². The topological polar surface area (TPSA) is 54.7 Å². The van der Waals surface area contributed by atoms with Gasteiger partial charge in [-0.25, -0.2) is 0 Å². The van der Waals surface area contributed by atoms with E-state index in [1.54, 1.807) is 6.26 Å². The van der Waals surface area contributed by atoms with E-state index in [0.29, 0.717) is 25.2 Å². The highest BCUT2D eigenvalue weighted by Gasteiger charge is 2.39. The molecule has 0 unspecified atom stereocenters. The third-order valence-corrected chi connectivity index (χ3v) is 5.45. The minimum Gasteiger partial charge on any atom is -0.467 e. The van der Waals surface area contributed by atoms with Crippen molar-refractivity contribution < 1.29 is 13.9 Å². The standard InChI is InChI=1S/C18H26N2O3/c21-18(19-9-16-2-1-7-22-16)15-8-14-11-20(10-13-3-4-13)6-5-17(14)23-12-15/h1-2,7,13-15,17H,3-6,8-12H2,(H,19,21)/t14-,15-,17+/m1/s1. The smallest absolute Gasteiger partial charge is 0.225 e. The lowest BCUT2D eigenvalue weighted by atomic mass is 9.83. The normalized spacial score (nSPS) is 31.6. The molecule has 0 radical (unpaired) electrons. The minimum absolute atomic E-state index is 0.0212. The van der Waals surface area contributed by atoms with E-state index in [1.165, 1.54) is 19.4 Å². The molecule has 23 heavy (non-hydrogen) atoms. The van der Waals surface area contributed by atoms with Crippen LogP contribution in [0, 0.1) is 17.8 Å². The van der Waals surface area contributed by atoms with Gasteiger partial charge in [0.15, 0.2) is 0 Å². The number of rotatable bonds is 5. The Morgan fingerprint density at radius 2 is 2.26 bits per heavy atom. The Bertz CT molecular complexity index is 526. The molecule has 2 aliphatic heterocycles. The number of piperidine rings is 1. The van der Waals surface area contributed by atoms with Gasteiger partial charge in [0.1, 0.15) is 5.76 Å². The molecule has 5 heteroatoms. The van der Waals surface area contributed by atoms with Gasteiger partial charge in [0.05, 0.1) is 31.4 Å². The summed E-state index contributed by atoms with van der Waals surface area (Å²) in [6.07, 6.45) is 6.87. The van der Waals surface area contributed by atoms with Crippen molar-refractivity contribution in [2.45, 2.75) is 38.3 Å². The van der Waals surface area contributed by atoms with Crippen LogP contribution in [0.25, 0.3) is 0 Å². The molecule has 126 valence electrons. The third-order valence-electron chi connectivity index (χ3n) is 5.45. The second-order valence-corrected chi connectivity index (χ2v) is 7.35. The largest absolute Gasteiger partial charge is 0.467 e. The van der Waals surface area contributed by atoms with E-state index in [0.717, 1.165) is 37.6 Å². The zero-order valence-corrected chi connectivity index (χ0v) is 13.6. The van der Waals surface area contributed by atoms with Gasteiger partial charge in [0, 0.05) is 19.6 Å². The number of carbonyl (C=O) groups is 1. The number of carbonyl (C=O) groups excluding carboxylic acids is 1. The Balaban J connectivity index is 1.28. The number of likely N-dealkylation sites (tertiary alicyclic amines) is 1. The van der Waals surface area contributed by atoms with E-state index in [2.05, 4.69) is 10.2 Å². The molecule has 0 spiro atoms. The maximum atomic E-state index is 12.4. The fourth-order valence-corrected chi connectivity index (χ4v) is 3.95. The van der Waals surface area contributed by atoms with Crippen molar-refractivity contribution in [3.05, 3.63) is 24.2 Å². The highest BCUT2D eigenvalue weighted by atomic mass is 16.5. The summed E-state index contributed by atoms with van der Waals surface area (Å²) in [5.74, 6) is 2.31. The van der Waals surface area contributed by atoms with Crippen LogP contribution in [0.1, 0.15) is 31.4 Å². The van der Waals surface area contributed by atoms with Crippen LogP contribution < -0.4 is 5.32 Å². The molecule has 1 saturated carbocycles. The number of amides is 1. The van der Waals surface area contributed by atoms with Gasteiger partial charge in [-0.15, -0.1) is 0 Å². The zero-order chi connectivity index (χ0) is 15.6. The van der Waals surface area contributed by atoms with Crippen molar-refractivity contribution >= 4 is 5.91 Å². The van der Waals surface area contributed by atoms with E-state index in [-0.39, 0.29) is 11.8 Å². The molecule has 0 bridgehead atoms. The predicted octanol–water partition coefficient (Wildman–Crippen LogP) is 2.03. The van der Waals surface area contributed by atoms with E-state index in [1.807, 2.05) is 12.1 Å². The molecule has 1 N–H and O–H groups in total. The van der Waals surface area contributed by atoms with Crippen molar-refractivity contribution in [2.24, 2.45) is 17.8 Å². The summed E-state index contributed by atoms with van der Waals surface area (Å²) in [4.78, 5) is 15.0. The third kappa shape index (κ3) is 3.78. The van der Waals surface area contributed by atoms with Crippen molar-refractivity contribution in [3.8, 4) is 0 Å². The molecule has 1 amide bonds. The van der Waals surface area contributed by atoms with E-state index < -0.39 is 0 Å². The van der Waals surface area contributed by atoms with Crippen LogP contribution in [0.4, 0.5) is 0 Å². The van der Waals surface area contributed by atoms with Gasteiger partial charge in [-0.05, 0) is 49.7 Å². The molecule has 1 aromatic rings. The first-order chi connectivity index (χ1) is 11.3. The van der Waals surface area contributed by atoms with Crippen LogP contribution in [-0.2, 0) is 16.1 Å². The van der Waals surface area contributed by atoms with Gasteiger partial charge in [-0.2, -0.15) is 0 Å². The van der Waals surface area contributed by atoms with Gasteiger partial charge < -0.3 is 19.4 Å². The fraction of sp³-hybridized carbons (Fsp3) is 0.722. The number of fused-ring (bicyclic) bond motifs is 1. The molecular formula is C18H26N2O3. The van der Waals surface area contributed by atoms with Gasteiger partial charge in [0.2, 0.25) is 5.91 Å². The van der Waals surface area contributed by atoms with Crippen molar-refractivity contribution in [1.82, 2.24) is 10.2 Å². The summed E-state index contributed by atoms with van der Waals surface area (Å²) in [5, 5.41) is 2.98. The molecule has 3 atom stereocenters. The maximum Gasteiger partial charge on any atom is 0.225 e. The molecule has 5 nitrogen and oxygen atoms in total. The van der Waals surface area contributed by atoms with Crippen LogP contribution in [-0.4, -0.2) is 43.2 Å². The van der Waals surface area contributed by atoms with Gasteiger partial charge >= 0.3 is 0 Å². The number of nitrogens with one attached hydrogen (secondary N) is 1. The molecule has 3 fully saturated rings. The second-order valence-electron chi connectivity index (χ2n) is 7.35. The monoisotopic (exact) mass is 318 g/mol. The maximum absolute atomic E-state index is 12.4. The van der Waals surface area contributed by atoms with Crippen LogP contribution in [0.2, 0.25) is 0 Å². The summed E-state index contributed by atoms with van der Waals surface area (Å²) in [6.45, 7) is 4.53. The highest BCUT2D eigenvalue weighted by molar-refractivity contribution is 5.78. The van der Waals surface area contributed by atoms with Crippen molar-refractivity contribution in [3.63, 3.8) is 0 Å². The molecular weight excluding hydrogens is 292 g/mol. The molecule has 1 aromatic heterocycles. The van der Waals surface area contributed by atoms with Gasteiger partial charge in [-0.3, -0.25) is 4.79 Å². The molecule has 4 rings (SSSR count). The van der Waals surface area contributed by atoms with Crippen molar-refractivity contribution in [2.75, 3.05) is 26.2 Å². The lowest BCUT2D eigenvalue weighted by Crippen LogP contribution is -2.50. The molecule has 3 aliphatic rings. The van der Waals surface area contributed by atoms with Crippen LogP contribution in [0.5, 0.6) is 0 Å². The number of furan rings is 1. The van der Waals surface area contributed by atoms with Crippen LogP contribution >= 0.6 is 0 Å². The fourth-order valence-electron chi connectivity index (χ4n) is 3.95. The average molecular weight is 318 g/mol. The lowest BCUT2D eigenvalue weighted by molar-refractivity contribution is -0.139. The number of hydrogen-bond acceptors (Lipinski definition) is 4.